The molecule has 28 heavy (non-hydrogen) atoms. The number of amidine groups is 1. The Morgan fingerprint density at radius 1 is 1.39 bits per heavy atom. The van der Waals surface area contributed by atoms with Crippen LogP contribution in [0.4, 0.5) is 0 Å². The molecule has 0 heterocycles. The number of ether oxygens (including phenoxy) is 1. The van der Waals surface area contributed by atoms with Crippen LogP contribution in [-0.4, -0.2) is 39.1 Å². The lowest BCUT2D eigenvalue weighted by atomic mass is 10.2. The molecule has 8 heteroatoms. The molecule has 0 aliphatic heterocycles. The van der Waals surface area contributed by atoms with Gasteiger partial charge in [-0.05, 0) is 30.7 Å². The number of aliphatic imine (C=N–C) groups is 1. The van der Waals surface area contributed by atoms with Crippen LogP contribution in [0, 0.1) is 0 Å². The second kappa shape index (κ2) is 12.9. The van der Waals surface area contributed by atoms with E-state index in [1.165, 1.54) is 12.2 Å². The van der Waals surface area contributed by atoms with Crippen LogP contribution < -0.4 is 4.72 Å². The van der Waals surface area contributed by atoms with Crippen molar-refractivity contribution >= 4 is 39.5 Å². The van der Waals surface area contributed by atoms with Gasteiger partial charge < -0.3 is 4.74 Å². The van der Waals surface area contributed by atoms with Crippen LogP contribution in [0.2, 0.25) is 5.02 Å². The van der Waals surface area contributed by atoms with Crippen molar-refractivity contribution in [2.75, 3.05) is 18.9 Å². The van der Waals surface area contributed by atoms with Crippen LogP contribution >= 0.6 is 11.6 Å². The fraction of sp³-hybridized carbons (Fsp3) is 0.300. The average Bonchev–Trinajstić information content (AvgIpc) is 2.63. The fourth-order valence-corrected chi connectivity index (χ4v) is 3.12. The van der Waals surface area contributed by atoms with Crippen LogP contribution in [0.1, 0.15) is 25.3 Å². The highest BCUT2D eigenvalue weighted by Gasteiger charge is 2.10. The number of halogens is 1. The number of esters is 1. The predicted octanol–water partition coefficient (Wildman–Crippen LogP) is 3.76. The molecule has 6 nitrogen and oxygen atoms in total. The van der Waals surface area contributed by atoms with Gasteiger partial charge in [0.05, 0.1) is 12.4 Å². The molecule has 0 radical (unpaired) electrons. The second-order valence-corrected chi connectivity index (χ2v) is 7.89. The highest BCUT2D eigenvalue weighted by atomic mass is 35.5. The number of allylic oxidation sites excluding steroid dienone is 1. The van der Waals surface area contributed by atoms with Crippen molar-refractivity contribution in [3.05, 3.63) is 65.7 Å². The Balaban J connectivity index is 2.46. The monoisotopic (exact) mass is 424 g/mol. The minimum Gasteiger partial charge on any atom is -0.462 e. The van der Waals surface area contributed by atoms with Gasteiger partial charge in [0.15, 0.2) is 0 Å². The molecular weight excluding hydrogens is 400 g/mol. The van der Waals surface area contributed by atoms with E-state index in [1.807, 2.05) is 19.1 Å². The number of rotatable bonds is 11. The van der Waals surface area contributed by atoms with Crippen molar-refractivity contribution in [2.45, 2.75) is 19.8 Å². The minimum absolute atomic E-state index is 0.179. The summed E-state index contributed by atoms with van der Waals surface area (Å²) < 4.78 is 31.2. The van der Waals surface area contributed by atoms with Crippen molar-refractivity contribution < 1.29 is 17.9 Å². The minimum atomic E-state index is -3.49. The molecule has 1 N–H and O–H groups in total. The number of benzene rings is 1. The van der Waals surface area contributed by atoms with Crippen LogP contribution in [0.5, 0.6) is 0 Å². The number of carbonyl (C=O) groups excluding carboxylic acids is 1. The van der Waals surface area contributed by atoms with E-state index < -0.39 is 16.0 Å². The Morgan fingerprint density at radius 3 is 2.86 bits per heavy atom. The van der Waals surface area contributed by atoms with E-state index in [0.717, 1.165) is 5.56 Å². The Morgan fingerprint density at radius 2 is 2.18 bits per heavy atom. The number of hydrogen-bond donors (Lipinski definition) is 1. The van der Waals surface area contributed by atoms with Crippen molar-refractivity contribution in [2.24, 2.45) is 4.99 Å². The Bertz CT molecular complexity index is 846. The highest BCUT2D eigenvalue weighted by molar-refractivity contribution is 7.90. The van der Waals surface area contributed by atoms with E-state index >= 15 is 0 Å². The van der Waals surface area contributed by atoms with Gasteiger partial charge in [-0.1, -0.05) is 42.0 Å². The van der Waals surface area contributed by atoms with Gasteiger partial charge in [-0.25, -0.2) is 13.2 Å². The van der Waals surface area contributed by atoms with E-state index in [9.17, 15) is 13.2 Å². The third-order valence-electron chi connectivity index (χ3n) is 3.27. The van der Waals surface area contributed by atoms with Gasteiger partial charge in [-0.2, -0.15) is 0 Å². The normalized spacial score (nSPS) is 12.4. The Labute approximate surface area is 171 Å². The molecule has 0 aliphatic rings. The maximum absolute atomic E-state index is 11.8. The molecular formula is C20H25ClN2O4S. The highest BCUT2D eigenvalue weighted by Crippen LogP contribution is 2.11. The summed E-state index contributed by atoms with van der Waals surface area (Å²) in [5, 5.41) is 0.589. The van der Waals surface area contributed by atoms with Gasteiger partial charge in [-0.15, -0.1) is 6.58 Å². The van der Waals surface area contributed by atoms with Gasteiger partial charge in [0.25, 0.3) is 0 Å². The molecule has 0 aromatic heterocycles. The largest absolute Gasteiger partial charge is 0.462 e. The molecule has 0 fully saturated rings. The molecule has 0 atom stereocenters. The van der Waals surface area contributed by atoms with E-state index in [4.69, 9.17) is 16.3 Å². The van der Waals surface area contributed by atoms with Crippen LogP contribution in [0.3, 0.4) is 0 Å². The van der Waals surface area contributed by atoms with Crippen LogP contribution in [0.25, 0.3) is 6.08 Å². The molecule has 0 amide bonds. The van der Waals surface area contributed by atoms with Gasteiger partial charge in [0, 0.05) is 30.5 Å². The SMILES string of the molecule is C=CCS(=O)(=O)NC(C/C=C\C)=NCCCOC(=O)/C=C/c1cccc(Cl)c1. The lowest BCUT2D eigenvalue weighted by molar-refractivity contribution is -0.137. The van der Waals surface area contributed by atoms with Crippen LogP contribution in [0.15, 0.2) is 60.1 Å². The van der Waals surface area contributed by atoms with Gasteiger partial charge in [0.2, 0.25) is 10.0 Å². The zero-order valence-electron chi connectivity index (χ0n) is 15.8. The van der Waals surface area contributed by atoms with Crippen molar-refractivity contribution in [3.8, 4) is 0 Å². The molecule has 0 unspecified atom stereocenters. The number of carbonyl (C=O) groups is 1. The van der Waals surface area contributed by atoms with Crippen molar-refractivity contribution in [1.82, 2.24) is 4.72 Å². The molecule has 152 valence electrons. The van der Waals surface area contributed by atoms with Gasteiger partial charge >= 0.3 is 5.97 Å². The fourth-order valence-electron chi connectivity index (χ4n) is 2.02. The summed E-state index contributed by atoms with van der Waals surface area (Å²) in [4.78, 5) is 16.0. The standard InChI is InChI=1S/C20H25ClN2O4S/c1-3-5-10-19(23-28(25,26)15-4-2)22-13-7-14-27-20(24)12-11-17-8-6-9-18(21)16-17/h3-6,8-9,11-12,16H,2,7,10,13-15H2,1H3,(H,22,23)/b5-3-,12-11+. The van der Waals surface area contributed by atoms with Crippen LogP contribution in [-0.2, 0) is 19.6 Å². The zero-order valence-corrected chi connectivity index (χ0v) is 17.4. The number of nitrogens with one attached hydrogen (secondary N) is 1. The molecule has 0 spiro atoms. The van der Waals surface area contributed by atoms with Crippen molar-refractivity contribution in [3.63, 3.8) is 0 Å². The average molecular weight is 425 g/mol. The quantitative estimate of drug-likeness (QED) is 0.146. The topological polar surface area (TPSA) is 84.8 Å². The summed E-state index contributed by atoms with van der Waals surface area (Å²) in [6.45, 7) is 5.77. The summed E-state index contributed by atoms with van der Waals surface area (Å²) in [5.41, 5.74) is 0.800. The van der Waals surface area contributed by atoms with Gasteiger partial charge in [0.1, 0.15) is 5.84 Å². The molecule has 0 saturated carbocycles. The smallest absolute Gasteiger partial charge is 0.330 e. The van der Waals surface area contributed by atoms with Crippen molar-refractivity contribution in [1.29, 1.82) is 0 Å². The summed E-state index contributed by atoms with van der Waals surface area (Å²) in [7, 11) is -3.49. The second-order valence-electron chi connectivity index (χ2n) is 5.68. The first-order valence-electron chi connectivity index (χ1n) is 8.72. The number of sulfonamides is 1. The third kappa shape index (κ3) is 10.7. The lowest BCUT2D eigenvalue weighted by Gasteiger charge is -2.08. The molecule has 1 aromatic rings. The first-order chi connectivity index (χ1) is 13.4. The third-order valence-corrected chi connectivity index (χ3v) is 4.72. The Hall–Kier alpha value is -2.38. The van der Waals surface area contributed by atoms with Gasteiger partial charge in [-0.3, -0.25) is 9.71 Å². The first-order valence-corrected chi connectivity index (χ1v) is 10.8. The maximum atomic E-state index is 11.8. The predicted molar refractivity (Wildman–Crippen MR) is 115 cm³/mol. The zero-order chi connectivity index (χ0) is 20.8. The molecule has 0 bridgehead atoms. The number of hydrogen-bond acceptors (Lipinski definition) is 5. The molecule has 1 aromatic carbocycles. The Kier molecular flexibility index (Phi) is 10.9. The molecule has 0 aliphatic carbocycles. The summed E-state index contributed by atoms with van der Waals surface area (Å²) in [6.07, 6.45) is 8.72. The lowest BCUT2D eigenvalue weighted by Crippen LogP contribution is -2.32. The molecule has 0 saturated heterocycles. The summed E-state index contributed by atoms with van der Waals surface area (Å²) in [5.74, 6) is -0.310. The number of nitrogens with zero attached hydrogens (tertiary/aromatic N) is 1. The summed E-state index contributed by atoms with van der Waals surface area (Å²) >= 11 is 5.88. The summed E-state index contributed by atoms with van der Waals surface area (Å²) in [6, 6.07) is 7.10. The van der Waals surface area contributed by atoms with E-state index in [-0.39, 0.29) is 12.4 Å². The maximum Gasteiger partial charge on any atom is 0.330 e. The van der Waals surface area contributed by atoms with E-state index in [1.54, 1.807) is 30.4 Å². The van der Waals surface area contributed by atoms with E-state index in [2.05, 4.69) is 16.3 Å². The molecule has 1 rings (SSSR count). The van der Waals surface area contributed by atoms with E-state index in [0.29, 0.717) is 30.2 Å². The first kappa shape index (κ1) is 23.7.